The van der Waals surface area contributed by atoms with Gasteiger partial charge in [-0.1, -0.05) is 43.2 Å². The standard InChI is InChI=1S/C26H32N2O4/c29-24(16-17-25(30)32-20-8-11-21-9-4-3-5-10-21)27-23-14-12-22(13-15-23)26(31)28-18-6-1-2-7-19-28/h3-5,9-10,12-15H,1-2,6-8,11,16-20H2,(H,27,29). The van der Waals surface area contributed by atoms with E-state index in [1.54, 1.807) is 24.3 Å². The van der Waals surface area contributed by atoms with Crippen molar-refractivity contribution in [3.05, 3.63) is 65.7 Å². The van der Waals surface area contributed by atoms with E-state index in [4.69, 9.17) is 4.74 Å². The van der Waals surface area contributed by atoms with Crippen molar-refractivity contribution in [1.29, 1.82) is 0 Å². The second-order valence-electron chi connectivity index (χ2n) is 8.14. The number of esters is 1. The van der Waals surface area contributed by atoms with Gasteiger partial charge in [0.25, 0.3) is 5.91 Å². The van der Waals surface area contributed by atoms with Gasteiger partial charge >= 0.3 is 5.97 Å². The van der Waals surface area contributed by atoms with Crippen LogP contribution >= 0.6 is 0 Å². The molecule has 0 aromatic heterocycles. The van der Waals surface area contributed by atoms with Crippen molar-refractivity contribution in [2.24, 2.45) is 0 Å². The van der Waals surface area contributed by atoms with Gasteiger partial charge in [0, 0.05) is 30.8 Å². The summed E-state index contributed by atoms with van der Waals surface area (Å²) < 4.78 is 5.21. The number of benzene rings is 2. The Kier molecular flexibility index (Phi) is 9.29. The van der Waals surface area contributed by atoms with Crippen molar-refractivity contribution >= 4 is 23.5 Å². The summed E-state index contributed by atoms with van der Waals surface area (Å²) >= 11 is 0. The van der Waals surface area contributed by atoms with Crippen LogP contribution in [0.4, 0.5) is 5.69 Å². The molecule has 0 bridgehead atoms. The smallest absolute Gasteiger partial charge is 0.306 e. The molecule has 1 heterocycles. The first-order valence-electron chi connectivity index (χ1n) is 11.5. The molecule has 1 aliphatic rings. The van der Waals surface area contributed by atoms with Crippen LogP contribution in [0.5, 0.6) is 0 Å². The molecule has 1 fully saturated rings. The lowest BCUT2D eigenvalue weighted by Gasteiger charge is -2.20. The lowest BCUT2D eigenvalue weighted by molar-refractivity contribution is -0.144. The minimum Gasteiger partial charge on any atom is -0.466 e. The Balaban J connectivity index is 1.34. The van der Waals surface area contributed by atoms with Crippen LogP contribution in [-0.4, -0.2) is 42.4 Å². The summed E-state index contributed by atoms with van der Waals surface area (Å²) in [6, 6.07) is 17.0. The zero-order valence-electron chi connectivity index (χ0n) is 18.6. The third-order valence-corrected chi connectivity index (χ3v) is 5.58. The summed E-state index contributed by atoms with van der Waals surface area (Å²) in [6.45, 7) is 1.96. The van der Waals surface area contributed by atoms with Gasteiger partial charge in [-0.3, -0.25) is 14.4 Å². The first-order valence-corrected chi connectivity index (χ1v) is 11.5. The van der Waals surface area contributed by atoms with Gasteiger partial charge in [0.05, 0.1) is 13.0 Å². The van der Waals surface area contributed by atoms with Gasteiger partial charge in [-0.15, -0.1) is 0 Å². The molecule has 0 radical (unpaired) electrons. The lowest BCUT2D eigenvalue weighted by atomic mass is 10.1. The predicted octanol–water partition coefficient (Wildman–Crippen LogP) is 4.60. The molecule has 3 rings (SSSR count). The molecule has 1 aliphatic heterocycles. The molecule has 1 saturated heterocycles. The quantitative estimate of drug-likeness (QED) is 0.461. The third-order valence-electron chi connectivity index (χ3n) is 5.58. The van der Waals surface area contributed by atoms with Crippen LogP contribution in [0.25, 0.3) is 0 Å². The number of ether oxygens (including phenoxy) is 1. The Morgan fingerprint density at radius 2 is 1.53 bits per heavy atom. The summed E-state index contributed by atoms with van der Waals surface area (Å²) in [7, 11) is 0. The fourth-order valence-corrected chi connectivity index (χ4v) is 3.77. The Labute approximate surface area is 189 Å². The lowest BCUT2D eigenvalue weighted by Crippen LogP contribution is -2.31. The summed E-state index contributed by atoms with van der Waals surface area (Å²) in [5, 5.41) is 2.77. The molecule has 0 unspecified atom stereocenters. The number of likely N-dealkylation sites (tertiary alicyclic amines) is 1. The van der Waals surface area contributed by atoms with E-state index in [9.17, 15) is 14.4 Å². The van der Waals surface area contributed by atoms with Crippen molar-refractivity contribution in [2.45, 2.75) is 51.4 Å². The summed E-state index contributed by atoms with van der Waals surface area (Å²) in [5.41, 5.74) is 2.45. The molecule has 6 heteroatoms. The molecule has 0 atom stereocenters. The van der Waals surface area contributed by atoms with E-state index in [2.05, 4.69) is 5.32 Å². The number of nitrogens with one attached hydrogen (secondary N) is 1. The summed E-state index contributed by atoms with van der Waals surface area (Å²) in [6.07, 6.45) is 6.17. The van der Waals surface area contributed by atoms with Gasteiger partial charge in [-0.05, 0) is 55.5 Å². The van der Waals surface area contributed by atoms with Gasteiger partial charge in [0.2, 0.25) is 5.91 Å². The predicted molar refractivity (Wildman–Crippen MR) is 124 cm³/mol. The number of carbonyl (C=O) groups is 3. The zero-order chi connectivity index (χ0) is 22.6. The van der Waals surface area contributed by atoms with Crippen molar-refractivity contribution in [1.82, 2.24) is 4.90 Å². The average molecular weight is 437 g/mol. The van der Waals surface area contributed by atoms with E-state index in [0.29, 0.717) is 17.9 Å². The van der Waals surface area contributed by atoms with Crippen molar-refractivity contribution in [3.63, 3.8) is 0 Å². The molecule has 2 aromatic rings. The largest absolute Gasteiger partial charge is 0.466 e. The molecule has 0 aliphatic carbocycles. The highest BCUT2D eigenvalue weighted by Crippen LogP contribution is 2.16. The maximum Gasteiger partial charge on any atom is 0.306 e. The molecular weight excluding hydrogens is 404 g/mol. The Bertz CT molecular complexity index is 872. The Morgan fingerprint density at radius 1 is 0.844 bits per heavy atom. The van der Waals surface area contributed by atoms with Crippen molar-refractivity contribution in [2.75, 3.05) is 25.0 Å². The van der Waals surface area contributed by atoms with Gasteiger partial charge in [-0.2, -0.15) is 0 Å². The van der Waals surface area contributed by atoms with Crippen molar-refractivity contribution < 1.29 is 19.1 Å². The molecule has 2 amide bonds. The molecule has 0 saturated carbocycles. The number of aryl methyl sites for hydroxylation is 1. The Hall–Kier alpha value is -3.15. The van der Waals surface area contributed by atoms with Gasteiger partial charge < -0.3 is 15.0 Å². The van der Waals surface area contributed by atoms with Crippen LogP contribution in [0.15, 0.2) is 54.6 Å². The normalized spacial score (nSPS) is 13.8. The number of anilines is 1. The summed E-state index contributed by atoms with van der Waals surface area (Å²) in [4.78, 5) is 38.6. The molecule has 32 heavy (non-hydrogen) atoms. The number of nitrogens with zero attached hydrogens (tertiary/aromatic N) is 1. The van der Waals surface area contributed by atoms with E-state index >= 15 is 0 Å². The molecule has 1 N–H and O–H groups in total. The maximum absolute atomic E-state index is 12.6. The van der Waals surface area contributed by atoms with E-state index in [1.165, 1.54) is 18.4 Å². The number of amides is 2. The molecule has 6 nitrogen and oxygen atoms in total. The van der Waals surface area contributed by atoms with Crippen LogP contribution < -0.4 is 5.32 Å². The first kappa shape index (κ1) is 23.5. The second kappa shape index (κ2) is 12.6. The number of rotatable bonds is 9. The number of carbonyl (C=O) groups excluding carboxylic acids is 3. The minimum atomic E-state index is -0.369. The van der Waals surface area contributed by atoms with E-state index in [-0.39, 0.29) is 30.6 Å². The fourth-order valence-electron chi connectivity index (χ4n) is 3.77. The maximum atomic E-state index is 12.6. The van der Waals surface area contributed by atoms with Gasteiger partial charge in [0.15, 0.2) is 0 Å². The number of hydrogen-bond donors (Lipinski definition) is 1. The highest BCUT2D eigenvalue weighted by molar-refractivity contribution is 5.96. The van der Waals surface area contributed by atoms with Gasteiger partial charge in [0.1, 0.15) is 0 Å². The van der Waals surface area contributed by atoms with Crippen molar-refractivity contribution in [3.8, 4) is 0 Å². The van der Waals surface area contributed by atoms with Crippen LogP contribution in [0, 0.1) is 0 Å². The number of hydrogen-bond acceptors (Lipinski definition) is 4. The van der Waals surface area contributed by atoms with E-state index in [0.717, 1.165) is 38.8 Å². The first-order chi connectivity index (χ1) is 15.6. The SMILES string of the molecule is O=C(CCC(=O)OCCCc1ccccc1)Nc1ccc(C(=O)N2CCCCCC2)cc1. The van der Waals surface area contributed by atoms with Crippen LogP contribution in [-0.2, 0) is 20.7 Å². The molecule has 2 aromatic carbocycles. The van der Waals surface area contributed by atoms with Crippen LogP contribution in [0.1, 0.15) is 60.9 Å². The van der Waals surface area contributed by atoms with E-state index in [1.807, 2.05) is 35.2 Å². The summed E-state index contributed by atoms with van der Waals surface area (Å²) in [5.74, 6) is -0.579. The highest BCUT2D eigenvalue weighted by atomic mass is 16.5. The second-order valence-corrected chi connectivity index (χ2v) is 8.14. The minimum absolute atomic E-state index is 0.0415. The highest BCUT2D eigenvalue weighted by Gasteiger charge is 2.17. The Morgan fingerprint density at radius 3 is 2.22 bits per heavy atom. The fraction of sp³-hybridized carbons (Fsp3) is 0.423. The molecule has 0 spiro atoms. The molecular formula is C26H32N2O4. The monoisotopic (exact) mass is 436 g/mol. The third kappa shape index (κ3) is 7.84. The van der Waals surface area contributed by atoms with Crippen LogP contribution in [0.2, 0.25) is 0 Å². The van der Waals surface area contributed by atoms with Gasteiger partial charge in [-0.25, -0.2) is 0 Å². The topological polar surface area (TPSA) is 75.7 Å². The van der Waals surface area contributed by atoms with E-state index < -0.39 is 0 Å². The zero-order valence-corrected chi connectivity index (χ0v) is 18.6. The van der Waals surface area contributed by atoms with Crippen LogP contribution in [0.3, 0.4) is 0 Å². The average Bonchev–Trinajstić information content (AvgIpc) is 3.11. The molecule has 170 valence electrons.